The molecule has 1 N–H and O–H groups in total. The highest BCUT2D eigenvalue weighted by Crippen LogP contribution is 2.26. The summed E-state index contributed by atoms with van der Waals surface area (Å²) in [6.07, 6.45) is 1.75. The molecule has 0 radical (unpaired) electrons. The maximum atomic E-state index is 13.6. The third kappa shape index (κ3) is 3.25. The monoisotopic (exact) mass is 318 g/mol. The fourth-order valence-corrected chi connectivity index (χ4v) is 2.90. The number of carbonyl (C=O) groups excluding carboxylic acids is 1. The van der Waals surface area contributed by atoms with E-state index in [0.29, 0.717) is 6.54 Å². The first-order valence-electron chi connectivity index (χ1n) is 6.70. The highest BCUT2D eigenvalue weighted by molar-refractivity contribution is 6.36. The molecule has 1 aliphatic heterocycles. The summed E-state index contributed by atoms with van der Waals surface area (Å²) in [5.74, 6) is -0.860. The van der Waals surface area contributed by atoms with Crippen molar-refractivity contribution in [3.8, 4) is 0 Å². The van der Waals surface area contributed by atoms with E-state index in [1.165, 1.54) is 6.07 Å². The number of amides is 1. The van der Waals surface area contributed by atoms with Gasteiger partial charge in [-0.1, -0.05) is 30.1 Å². The van der Waals surface area contributed by atoms with Crippen molar-refractivity contribution >= 4 is 29.1 Å². The van der Waals surface area contributed by atoms with Crippen LogP contribution >= 0.6 is 23.2 Å². The fraction of sp³-hybridized carbons (Fsp3) is 0.500. The molecule has 0 aliphatic carbocycles. The van der Waals surface area contributed by atoms with Crippen LogP contribution in [0.4, 0.5) is 4.39 Å². The lowest BCUT2D eigenvalue weighted by Gasteiger charge is -2.28. The van der Waals surface area contributed by atoms with Gasteiger partial charge in [-0.3, -0.25) is 4.79 Å². The normalized spacial score (nSPS) is 18.3. The smallest absolute Gasteiger partial charge is 0.255 e. The molecule has 1 heterocycles. The minimum atomic E-state index is -0.625. The largest absolute Gasteiger partial charge is 0.334 e. The summed E-state index contributed by atoms with van der Waals surface area (Å²) in [5.41, 5.74) is 0.175. The molecule has 20 heavy (non-hydrogen) atoms. The highest BCUT2D eigenvalue weighted by atomic mass is 35.5. The number of hydrogen-bond donors (Lipinski definition) is 1. The van der Waals surface area contributed by atoms with Crippen LogP contribution in [0.5, 0.6) is 0 Å². The molecule has 1 fully saturated rings. The third-order valence-corrected chi connectivity index (χ3v) is 4.04. The van der Waals surface area contributed by atoms with Crippen molar-refractivity contribution in [2.24, 2.45) is 0 Å². The molecule has 0 spiro atoms. The van der Waals surface area contributed by atoms with Gasteiger partial charge in [0.15, 0.2) is 0 Å². The van der Waals surface area contributed by atoms with Crippen LogP contribution in [0.2, 0.25) is 10.0 Å². The van der Waals surface area contributed by atoms with E-state index in [-0.39, 0.29) is 27.6 Å². The van der Waals surface area contributed by atoms with Gasteiger partial charge in [-0.15, -0.1) is 0 Å². The van der Waals surface area contributed by atoms with Gasteiger partial charge in [-0.05, 0) is 31.5 Å². The summed E-state index contributed by atoms with van der Waals surface area (Å²) >= 11 is 11.7. The molecular weight excluding hydrogens is 302 g/mol. The van der Waals surface area contributed by atoms with Crippen LogP contribution in [0, 0.1) is 5.82 Å². The average Bonchev–Trinajstić information content (AvgIpc) is 2.93. The van der Waals surface area contributed by atoms with E-state index in [1.807, 2.05) is 6.92 Å². The van der Waals surface area contributed by atoms with Gasteiger partial charge in [0.1, 0.15) is 5.82 Å². The second-order valence-corrected chi connectivity index (χ2v) is 5.71. The molecular formula is C14H17Cl2FN2O. The van der Waals surface area contributed by atoms with Gasteiger partial charge in [0.05, 0.1) is 15.6 Å². The number of hydrogen-bond acceptors (Lipinski definition) is 2. The lowest BCUT2D eigenvalue weighted by molar-refractivity contribution is 0.0692. The molecule has 1 atom stereocenters. The lowest BCUT2D eigenvalue weighted by Crippen LogP contribution is -2.42. The Labute approximate surface area is 128 Å². The Morgan fingerprint density at radius 1 is 1.45 bits per heavy atom. The van der Waals surface area contributed by atoms with Crippen molar-refractivity contribution in [1.82, 2.24) is 10.2 Å². The zero-order valence-electron chi connectivity index (χ0n) is 11.3. The minimum Gasteiger partial charge on any atom is -0.334 e. The van der Waals surface area contributed by atoms with Gasteiger partial charge < -0.3 is 10.2 Å². The molecule has 1 aliphatic rings. The van der Waals surface area contributed by atoms with Gasteiger partial charge in [0.2, 0.25) is 0 Å². The van der Waals surface area contributed by atoms with E-state index in [1.54, 1.807) is 4.90 Å². The molecule has 3 nitrogen and oxygen atoms in total. The maximum Gasteiger partial charge on any atom is 0.255 e. The van der Waals surface area contributed by atoms with Gasteiger partial charge >= 0.3 is 0 Å². The number of nitrogens with zero attached hydrogens (tertiary/aromatic N) is 1. The van der Waals surface area contributed by atoms with E-state index in [0.717, 1.165) is 32.0 Å². The van der Waals surface area contributed by atoms with E-state index in [4.69, 9.17) is 23.2 Å². The summed E-state index contributed by atoms with van der Waals surface area (Å²) in [6, 6.07) is 2.54. The molecule has 1 aromatic carbocycles. The summed E-state index contributed by atoms with van der Waals surface area (Å²) in [5, 5.41) is 3.35. The van der Waals surface area contributed by atoms with Gasteiger partial charge in [-0.2, -0.15) is 0 Å². The lowest BCUT2D eigenvalue weighted by atomic mass is 10.1. The number of nitrogens with one attached hydrogen (secondary N) is 1. The van der Waals surface area contributed by atoms with E-state index >= 15 is 0 Å². The number of halogens is 3. The molecule has 1 amide bonds. The van der Waals surface area contributed by atoms with E-state index in [9.17, 15) is 9.18 Å². The molecule has 110 valence electrons. The number of carbonyl (C=O) groups is 1. The Bertz CT molecular complexity index is 504. The number of rotatable bonds is 4. The summed E-state index contributed by atoms with van der Waals surface area (Å²) < 4.78 is 13.6. The molecule has 0 bridgehead atoms. The predicted molar refractivity (Wildman–Crippen MR) is 79.0 cm³/mol. The zero-order chi connectivity index (χ0) is 14.7. The number of benzene rings is 1. The molecule has 1 unspecified atom stereocenters. The Hall–Kier alpha value is -0.840. The van der Waals surface area contributed by atoms with Crippen molar-refractivity contribution in [3.63, 3.8) is 0 Å². The minimum absolute atomic E-state index is 0.0730. The molecule has 0 aromatic heterocycles. The maximum absolute atomic E-state index is 13.6. The SMILES string of the molecule is CCCN(C(=O)c1cc(F)c(Cl)cc1Cl)C1CCNC1. The van der Waals surface area contributed by atoms with Crippen LogP contribution in [-0.2, 0) is 0 Å². The van der Waals surface area contributed by atoms with Crippen molar-refractivity contribution in [2.45, 2.75) is 25.8 Å². The Morgan fingerprint density at radius 2 is 2.20 bits per heavy atom. The molecule has 1 saturated heterocycles. The second kappa shape index (κ2) is 6.74. The van der Waals surface area contributed by atoms with E-state index in [2.05, 4.69) is 5.32 Å². The summed E-state index contributed by atoms with van der Waals surface area (Å²) in [7, 11) is 0. The third-order valence-electron chi connectivity index (χ3n) is 3.44. The first-order chi connectivity index (χ1) is 9.54. The van der Waals surface area contributed by atoms with E-state index < -0.39 is 5.82 Å². The van der Waals surface area contributed by atoms with Crippen molar-refractivity contribution in [3.05, 3.63) is 33.6 Å². The molecule has 1 aromatic rings. The Balaban J connectivity index is 2.29. The van der Waals surface area contributed by atoms with Crippen LogP contribution < -0.4 is 5.32 Å². The average molecular weight is 319 g/mol. The summed E-state index contributed by atoms with van der Waals surface area (Å²) in [6.45, 7) is 4.29. The van der Waals surface area contributed by atoms with Crippen molar-refractivity contribution in [1.29, 1.82) is 0 Å². The summed E-state index contributed by atoms with van der Waals surface area (Å²) in [4.78, 5) is 14.4. The molecule has 6 heteroatoms. The van der Waals surface area contributed by atoms with Crippen molar-refractivity contribution < 1.29 is 9.18 Å². The topological polar surface area (TPSA) is 32.3 Å². The first-order valence-corrected chi connectivity index (χ1v) is 7.46. The quantitative estimate of drug-likeness (QED) is 0.863. The van der Waals surface area contributed by atoms with Crippen LogP contribution in [-0.4, -0.2) is 36.5 Å². The fourth-order valence-electron chi connectivity index (χ4n) is 2.44. The van der Waals surface area contributed by atoms with Crippen LogP contribution in [0.15, 0.2) is 12.1 Å². The predicted octanol–water partition coefficient (Wildman–Crippen LogP) is 3.35. The standard InChI is InChI=1S/C14H17Cl2FN2O/c1-2-5-19(9-3-4-18-8-9)14(20)10-6-13(17)12(16)7-11(10)15/h6-7,9,18H,2-5,8H2,1H3. The highest BCUT2D eigenvalue weighted by Gasteiger charge is 2.28. The van der Waals surface area contributed by atoms with Gasteiger partial charge in [0, 0.05) is 19.1 Å². The Kier molecular flexibility index (Phi) is 5.24. The molecule has 0 saturated carbocycles. The van der Waals surface area contributed by atoms with Crippen molar-refractivity contribution in [2.75, 3.05) is 19.6 Å². The van der Waals surface area contributed by atoms with Crippen LogP contribution in [0.1, 0.15) is 30.1 Å². The van der Waals surface area contributed by atoms with Gasteiger partial charge in [-0.25, -0.2) is 4.39 Å². The van der Waals surface area contributed by atoms with Crippen LogP contribution in [0.3, 0.4) is 0 Å². The Morgan fingerprint density at radius 3 is 2.80 bits per heavy atom. The molecule has 2 rings (SSSR count). The van der Waals surface area contributed by atoms with Crippen LogP contribution in [0.25, 0.3) is 0 Å². The second-order valence-electron chi connectivity index (χ2n) is 4.89. The van der Waals surface area contributed by atoms with Gasteiger partial charge in [0.25, 0.3) is 5.91 Å². The first kappa shape index (κ1) is 15.5. The zero-order valence-corrected chi connectivity index (χ0v) is 12.8.